The zero-order valence-corrected chi connectivity index (χ0v) is 11.9. The van der Waals surface area contributed by atoms with E-state index in [-0.39, 0.29) is 11.8 Å². The monoisotopic (exact) mass is 309 g/mol. The van der Waals surface area contributed by atoms with Gasteiger partial charge >= 0.3 is 0 Å². The van der Waals surface area contributed by atoms with E-state index in [1.807, 2.05) is 18.2 Å². The van der Waals surface area contributed by atoms with Crippen LogP contribution in [0.5, 0.6) is 5.75 Å². The van der Waals surface area contributed by atoms with E-state index in [4.69, 9.17) is 4.74 Å². The first kappa shape index (κ1) is 13.1. The van der Waals surface area contributed by atoms with Gasteiger partial charge in [-0.15, -0.1) is 0 Å². The van der Waals surface area contributed by atoms with E-state index in [0.717, 1.165) is 35.2 Å². The zero-order chi connectivity index (χ0) is 13.0. The number of carbonyl (C=O) groups excluding carboxylic acids is 1. The maximum atomic E-state index is 12.1. The molecule has 1 amide bonds. The molecule has 0 aromatic heterocycles. The second-order valence-corrected chi connectivity index (χ2v) is 5.17. The number of amides is 1. The molecule has 0 aliphatic heterocycles. The lowest BCUT2D eigenvalue weighted by Gasteiger charge is -2.18. The van der Waals surface area contributed by atoms with Gasteiger partial charge in [0.1, 0.15) is 5.75 Å². The summed E-state index contributed by atoms with van der Waals surface area (Å²) in [5.74, 6) is 0.887. The molecule has 3 nitrogen and oxygen atoms in total. The molecule has 96 valence electrons. The number of hydrogen-bond acceptors (Lipinski definition) is 2. The molecule has 0 bridgehead atoms. The van der Waals surface area contributed by atoms with E-state index >= 15 is 0 Å². The molecule has 1 aliphatic rings. The number of nitrogens with one attached hydrogen (secondary N) is 1. The number of allylic oxidation sites excluding steroid dienone is 2. The summed E-state index contributed by atoms with van der Waals surface area (Å²) in [6.07, 6.45) is 6.94. The van der Waals surface area contributed by atoms with Crippen molar-refractivity contribution in [2.45, 2.75) is 19.3 Å². The van der Waals surface area contributed by atoms with Crippen molar-refractivity contribution >= 4 is 27.5 Å². The number of anilines is 1. The van der Waals surface area contributed by atoms with Gasteiger partial charge in [0.15, 0.2) is 0 Å². The Morgan fingerprint density at radius 1 is 1.44 bits per heavy atom. The van der Waals surface area contributed by atoms with E-state index in [2.05, 4.69) is 33.4 Å². The van der Waals surface area contributed by atoms with Crippen LogP contribution in [-0.4, -0.2) is 13.0 Å². The molecule has 1 aromatic rings. The van der Waals surface area contributed by atoms with Crippen molar-refractivity contribution in [3.05, 3.63) is 34.8 Å². The molecule has 1 N–H and O–H groups in total. The van der Waals surface area contributed by atoms with Crippen LogP contribution in [0.4, 0.5) is 5.69 Å². The second kappa shape index (κ2) is 6.05. The molecular formula is C14H16BrNO2. The van der Waals surface area contributed by atoms with Gasteiger partial charge in [-0.25, -0.2) is 0 Å². The quantitative estimate of drug-likeness (QED) is 0.864. The third-order valence-corrected chi connectivity index (χ3v) is 3.76. The molecule has 2 rings (SSSR count). The molecule has 0 radical (unpaired) electrons. The van der Waals surface area contributed by atoms with Crippen LogP contribution < -0.4 is 10.1 Å². The predicted octanol–water partition coefficient (Wildman–Crippen LogP) is 3.75. The highest BCUT2D eigenvalue weighted by Crippen LogP contribution is 2.28. The van der Waals surface area contributed by atoms with Crippen LogP contribution in [0.15, 0.2) is 34.8 Å². The van der Waals surface area contributed by atoms with Crippen LogP contribution >= 0.6 is 15.9 Å². The minimum absolute atomic E-state index is 0.0769. The number of rotatable bonds is 3. The SMILES string of the molecule is COc1ccc(Br)c(NC(=O)C2CC=CCC2)c1. The van der Waals surface area contributed by atoms with Crippen LogP contribution in [-0.2, 0) is 4.79 Å². The first-order valence-corrected chi connectivity index (χ1v) is 6.79. The number of halogens is 1. The fraction of sp³-hybridized carbons (Fsp3) is 0.357. The number of carbonyl (C=O) groups is 1. The van der Waals surface area contributed by atoms with Gasteiger partial charge in [-0.3, -0.25) is 4.79 Å². The fourth-order valence-electron chi connectivity index (χ4n) is 1.99. The molecule has 18 heavy (non-hydrogen) atoms. The Bertz CT molecular complexity index is 471. The van der Waals surface area contributed by atoms with Gasteiger partial charge < -0.3 is 10.1 Å². The highest BCUT2D eigenvalue weighted by molar-refractivity contribution is 9.10. The largest absolute Gasteiger partial charge is 0.497 e. The molecule has 0 spiro atoms. The minimum atomic E-state index is 0.0769. The number of methoxy groups -OCH3 is 1. The van der Waals surface area contributed by atoms with E-state index in [0.29, 0.717) is 0 Å². The lowest BCUT2D eigenvalue weighted by molar-refractivity contribution is -0.120. The van der Waals surface area contributed by atoms with Gasteiger partial charge in [0.25, 0.3) is 0 Å². The van der Waals surface area contributed by atoms with E-state index in [1.165, 1.54) is 0 Å². The topological polar surface area (TPSA) is 38.3 Å². The number of benzene rings is 1. The maximum Gasteiger partial charge on any atom is 0.227 e. The van der Waals surface area contributed by atoms with Gasteiger partial charge in [0.2, 0.25) is 5.91 Å². The van der Waals surface area contributed by atoms with Crippen molar-refractivity contribution < 1.29 is 9.53 Å². The lowest BCUT2D eigenvalue weighted by Crippen LogP contribution is -2.23. The Balaban J connectivity index is 2.08. The van der Waals surface area contributed by atoms with Gasteiger partial charge in [-0.05, 0) is 47.3 Å². The van der Waals surface area contributed by atoms with E-state index in [1.54, 1.807) is 7.11 Å². The highest BCUT2D eigenvalue weighted by Gasteiger charge is 2.19. The number of ether oxygens (including phenoxy) is 1. The molecule has 4 heteroatoms. The van der Waals surface area contributed by atoms with E-state index < -0.39 is 0 Å². The van der Waals surface area contributed by atoms with Crippen LogP contribution in [0.1, 0.15) is 19.3 Å². The summed E-state index contributed by atoms with van der Waals surface area (Å²) in [5, 5.41) is 2.95. The smallest absolute Gasteiger partial charge is 0.227 e. The average Bonchev–Trinajstić information content (AvgIpc) is 2.42. The highest BCUT2D eigenvalue weighted by atomic mass is 79.9. The lowest BCUT2D eigenvalue weighted by atomic mass is 9.93. The van der Waals surface area contributed by atoms with Gasteiger partial charge in [0.05, 0.1) is 12.8 Å². The summed E-state index contributed by atoms with van der Waals surface area (Å²) in [4.78, 5) is 12.1. The summed E-state index contributed by atoms with van der Waals surface area (Å²) >= 11 is 3.43. The van der Waals surface area contributed by atoms with Crippen LogP contribution in [0, 0.1) is 5.92 Å². The zero-order valence-electron chi connectivity index (χ0n) is 10.3. The number of hydrogen-bond donors (Lipinski definition) is 1. The van der Waals surface area contributed by atoms with Crippen LogP contribution in [0.25, 0.3) is 0 Å². The first-order valence-electron chi connectivity index (χ1n) is 6.00. The van der Waals surface area contributed by atoms with Crippen molar-refractivity contribution in [2.75, 3.05) is 12.4 Å². The molecule has 0 saturated heterocycles. The molecular weight excluding hydrogens is 294 g/mol. The fourth-order valence-corrected chi connectivity index (χ4v) is 2.34. The predicted molar refractivity (Wildman–Crippen MR) is 75.8 cm³/mol. The Morgan fingerprint density at radius 2 is 2.28 bits per heavy atom. The molecule has 1 atom stereocenters. The average molecular weight is 310 g/mol. The summed E-state index contributed by atoms with van der Waals surface area (Å²) in [6, 6.07) is 5.54. The van der Waals surface area contributed by atoms with Crippen molar-refractivity contribution in [1.29, 1.82) is 0 Å². The van der Waals surface area contributed by atoms with Crippen LogP contribution in [0.3, 0.4) is 0 Å². The molecule has 0 fully saturated rings. The Morgan fingerprint density at radius 3 is 2.94 bits per heavy atom. The van der Waals surface area contributed by atoms with Gasteiger partial charge in [-0.1, -0.05) is 12.2 Å². The van der Waals surface area contributed by atoms with Crippen molar-refractivity contribution in [3.8, 4) is 5.75 Å². The normalized spacial score (nSPS) is 18.4. The Hall–Kier alpha value is -1.29. The molecule has 1 aliphatic carbocycles. The first-order chi connectivity index (χ1) is 8.70. The summed E-state index contributed by atoms with van der Waals surface area (Å²) in [5.41, 5.74) is 0.758. The summed E-state index contributed by atoms with van der Waals surface area (Å²) in [7, 11) is 1.61. The minimum Gasteiger partial charge on any atom is -0.497 e. The van der Waals surface area contributed by atoms with E-state index in [9.17, 15) is 4.79 Å². The third-order valence-electron chi connectivity index (χ3n) is 3.07. The summed E-state index contributed by atoms with van der Waals surface area (Å²) < 4.78 is 6.02. The third kappa shape index (κ3) is 3.13. The molecule has 0 saturated carbocycles. The Kier molecular flexibility index (Phi) is 4.42. The molecule has 0 heterocycles. The molecule has 1 aromatic carbocycles. The Labute approximate surface area is 115 Å². The van der Waals surface area contributed by atoms with Crippen molar-refractivity contribution in [2.24, 2.45) is 5.92 Å². The standard InChI is InChI=1S/C14H16BrNO2/c1-18-11-7-8-12(15)13(9-11)16-14(17)10-5-3-2-4-6-10/h2-3,7-10H,4-6H2,1H3,(H,16,17). The van der Waals surface area contributed by atoms with Crippen LogP contribution in [0.2, 0.25) is 0 Å². The summed E-state index contributed by atoms with van der Waals surface area (Å²) in [6.45, 7) is 0. The maximum absolute atomic E-state index is 12.1. The van der Waals surface area contributed by atoms with Crippen molar-refractivity contribution in [1.82, 2.24) is 0 Å². The van der Waals surface area contributed by atoms with Gasteiger partial charge in [-0.2, -0.15) is 0 Å². The second-order valence-electron chi connectivity index (χ2n) is 4.32. The van der Waals surface area contributed by atoms with Gasteiger partial charge in [0, 0.05) is 16.5 Å². The molecule has 1 unspecified atom stereocenters. The van der Waals surface area contributed by atoms with Crippen molar-refractivity contribution in [3.63, 3.8) is 0 Å².